The van der Waals surface area contributed by atoms with Gasteiger partial charge in [-0.1, -0.05) is 24.3 Å². The highest BCUT2D eigenvalue weighted by atomic mass is 16.6. The van der Waals surface area contributed by atoms with E-state index in [-0.39, 0.29) is 22.6 Å². The number of allylic oxidation sites excluding steroid dienone is 1. The van der Waals surface area contributed by atoms with Crippen molar-refractivity contribution in [2.75, 3.05) is 0 Å². The Bertz CT molecular complexity index is 735. The first-order valence-corrected chi connectivity index (χ1v) is 6.43. The van der Waals surface area contributed by atoms with Gasteiger partial charge in [0.1, 0.15) is 5.75 Å². The van der Waals surface area contributed by atoms with E-state index in [2.05, 4.69) is 0 Å². The summed E-state index contributed by atoms with van der Waals surface area (Å²) in [5, 5.41) is 29.1. The Hall–Kier alpha value is -3.15. The molecule has 0 unspecified atom stereocenters. The van der Waals surface area contributed by atoms with Crippen LogP contribution in [0.2, 0.25) is 0 Å². The Kier molecular flexibility index (Phi) is 4.53. The van der Waals surface area contributed by atoms with Crippen LogP contribution in [0.15, 0.2) is 48.5 Å². The average molecular weight is 299 g/mol. The van der Waals surface area contributed by atoms with Crippen LogP contribution in [0.4, 0.5) is 5.69 Å². The van der Waals surface area contributed by atoms with Gasteiger partial charge in [-0.25, -0.2) is 4.79 Å². The number of aromatic carboxylic acids is 1. The van der Waals surface area contributed by atoms with Crippen LogP contribution in [-0.2, 0) is 6.42 Å². The molecule has 22 heavy (non-hydrogen) atoms. The quantitative estimate of drug-likeness (QED) is 0.652. The summed E-state index contributed by atoms with van der Waals surface area (Å²) in [4.78, 5) is 21.4. The van der Waals surface area contributed by atoms with Gasteiger partial charge in [0, 0.05) is 6.07 Å². The Balaban J connectivity index is 2.24. The van der Waals surface area contributed by atoms with Crippen molar-refractivity contribution in [1.29, 1.82) is 0 Å². The number of nitro benzene ring substituents is 1. The summed E-state index contributed by atoms with van der Waals surface area (Å²) >= 11 is 0. The smallest absolute Gasteiger partial charge is 0.335 e. The summed E-state index contributed by atoms with van der Waals surface area (Å²) in [6.45, 7) is 0. The van der Waals surface area contributed by atoms with Crippen molar-refractivity contribution in [1.82, 2.24) is 0 Å². The van der Waals surface area contributed by atoms with Crippen molar-refractivity contribution < 1.29 is 19.9 Å². The topological polar surface area (TPSA) is 101 Å². The van der Waals surface area contributed by atoms with Crippen molar-refractivity contribution in [3.05, 3.63) is 75.3 Å². The van der Waals surface area contributed by atoms with Gasteiger partial charge in [0.25, 0.3) is 5.69 Å². The maximum atomic E-state index is 11.0. The molecule has 0 amide bonds. The van der Waals surface area contributed by atoms with Gasteiger partial charge in [-0.15, -0.1) is 0 Å². The van der Waals surface area contributed by atoms with Crippen LogP contribution in [0.3, 0.4) is 0 Å². The zero-order valence-corrected chi connectivity index (χ0v) is 11.5. The predicted molar refractivity (Wildman–Crippen MR) is 80.9 cm³/mol. The molecule has 112 valence electrons. The van der Waals surface area contributed by atoms with E-state index in [4.69, 9.17) is 5.11 Å². The van der Waals surface area contributed by atoms with Gasteiger partial charge >= 0.3 is 5.97 Å². The fraction of sp³-hybridized carbons (Fsp3) is 0.0625. The number of aromatic hydroxyl groups is 1. The summed E-state index contributed by atoms with van der Waals surface area (Å²) in [5.74, 6) is -0.972. The molecule has 0 fully saturated rings. The lowest BCUT2D eigenvalue weighted by molar-refractivity contribution is -0.385. The van der Waals surface area contributed by atoms with Crippen LogP contribution >= 0.6 is 0 Å². The lowest BCUT2D eigenvalue weighted by Crippen LogP contribution is -1.99. The fourth-order valence-corrected chi connectivity index (χ4v) is 1.94. The third-order valence-corrected chi connectivity index (χ3v) is 3.06. The van der Waals surface area contributed by atoms with Gasteiger partial charge < -0.3 is 10.2 Å². The van der Waals surface area contributed by atoms with Crippen LogP contribution < -0.4 is 0 Å². The number of carboxylic acid groups (broad SMARTS) is 1. The molecule has 0 atom stereocenters. The number of rotatable bonds is 5. The second-order valence-corrected chi connectivity index (χ2v) is 4.61. The molecule has 2 aromatic carbocycles. The maximum absolute atomic E-state index is 11.0. The highest BCUT2D eigenvalue weighted by molar-refractivity contribution is 5.89. The van der Waals surface area contributed by atoms with Crippen molar-refractivity contribution in [3.8, 4) is 5.75 Å². The second kappa shape index (κ2) is 6.53. The molecular formula is C16H13NO5. The van der Waals surface area contributed by atoms with E-state index in [1.165, 1.54) is 24.3 Å². The zero-order chi connectivity index (χ0) is 16.1. The van der Waals surface area contributed by atoms with E-state index in [0.29, 0.717) is 6.42 Å². The molecule has 0 aliphatic heterocycles. The van der Waals surface area contributed by atoms with E-state index in [1.807, 2.05) is 0 Å². The monoisotopic (exact) mass is 299 g/mol. The molecule has 0 bridgehead atoms. The normalized spacial score (nSPS) is 10.7. The van der Waals surface area contributed by atoms with Crippen molar-refractivity contribution >= 4 is 17.7 Å². The highest BCUT2D eigenvalue weighted by Crippen LogP contribution is 2.22. The van der Waals surface area contributed by atoms with Crippen LogP contribution in [-0.4, -0.2) is 21.1 Å². The van der Waals surface area contributed by atoms with Crippen LogP contribution in [0.25, 0.3) is 6.08 Å². The molecule has 0 saturated carbocycles. The highest BCUT2D eigenvalue weighted by Gasteiger charge is 2.14. The van der Waals surface area contributed by atoms with Gasteiger partial charge in [-0.05, 0) is 36.2 Å². The minimum atomic E-state index is -1.14. The van der Waals surface area contributed by atoms with Crippen molar-refractivity contribution in [2.24, 2.45) is 0 Å². The molecule has 6 heteroatoms. The van der Waals surface area contributed by atoms with Crippen LogP contribution in [0.1, 0.15) is 21.5 Å². The summed E-state index contributed by atoms with van der Waals surface area (Å²) in [6, 6.07) is 10.2. The molecule has 6 nitrogen and oxygen atoms in total. The number of phenols is 1. The molecule has 2 rings (SSSR count). The SMILES string of the molecule is O=C(O)c1ccc([N+](=O)[O-])c(/C=C/Cc2ccc(O)cc2)c1. The number of carboxylic acids is 1. The molecule has 0 aliphatic rings. The third-order valence-electron chi connectivity index (χ3n) is 3.06. The average Bonchev–Trinajstić information content (AvgIpc) is 2.49. The molecule has 0 radical (unpaired) electrons. The van der Waals surface area contributed by atoms with Crippen LogP contribution in [0.5, 0.6) is 5.75 Å². The van der Waals surface area contributed by atoms with Crippen molar-refractivity contribution in [2.45, 2.75) is 6.42 Å². The number of nitro groups is 1. The number of carbonyl (C=O) groups is 1. The standard InChI is InChI=1S/C16H13NO5/c18-14-7-4-11(5-8-14)2-1-3-12-10-13(16(19)20)6-9-15(12)17(21)22/h1,3-10,18H,2H2,(H,19,20)/b3-1+. The number of nitrogens with zero attached hydrogens (tertiary/aromatic N) is 1. The summed E-state index contributed by atoms with van der Waals surface area (Å²) in [7, 11) is 0. The minimum Gasteiger partial charge on any atom is -0.508 e. The van der Waals surface area contributed by atoms with E-state index < -0.39 is 10.9 Å². The first-order valence-electron chi connectivity index (χ1n) is 6.43. The number of phenolic OH excluding ortho intramolecular Hbond substituents is 1. The summed E-state index contributed by atoms with van der Waals surface area (Å²) < 4.78 is 0. The predicted octanol–water partition coefficient (Wildman–Crippen LogP) is 3.25. The summed E-state index contributed by atoms with van der Waals surface area (Å²) in [5.41, 5.74) is 1.01. The molecular weight excluding hydrogens is 286 g/mol. The molecule has 0 saturated heterocycles. The van der Waals surface area contributed by atoms with Gasteiger partial charge in [-0.3, -0.25) is 10.1 Å². The maximum Gasteiger partial charge on any atom is 0.335 e. The number of hydrogen-bond acceptors (Lipinski definition) is 4. The molecule has 2 N–H and O–H groups in total. The lowest BCUT2D eigenvalue weighted by atomic mass is 10.1. The number of hydrogen-bond donors (Lipinski definition) is 2. The second-order valence-electron chi connectivity index (χ2n) is 4.61. The molecule has 0 spiro atoms. The Morgan fingerprint density at radius 2 is 1.86 bits per heavy atom. The molecule has 0 heterocycles. The lowest BCUT2D eigenvalue weighted by Gasteiger charge is -2.00. The van der Waals surface area contributed by atoms with Gasteiger partial charge in [0.15, 0.2) is 0 Å². The Labute approximate surface area is 126 Å². The third kappa shape index (κ3) is 3.69. The van der Waals surface area contributed by atoms with Crippen LogP contribution in [0, 0.1) is 10.1 Å². The number of benzene rings is 2. The summed E-state index contributed by atoms with van der Waals surface area (Å²) in [6.07, 6.45) is 3.74. The van der Waals surface area contributed by atoms with Gasteiger partial charge in [-0.2, -0.15) is 0 Å². The van der Waals surface area contributed by atoms with E-state index in [0.717, 1.165) is 5.56 Å². The van der Waals surface area contributed by atoms with Gasteiger partial charge in [0.2, 0.25) is 0 Å². The van der Waals surface area contributed by atoms with E-state index in [9.17, 15) is 20.0 Å². The minimum absolute atomic E-state index is 0.00474. The molecule has 2 aromatic rings. The van der Waals surface area contributed by atoms with E-state index >= 15 is 0 Å². The first-order chi connectivity index (χ1) is 10.5. The molecule has 0 aliphatic carbocycles. The Morgan fingerprint density at radius 1 is 1.18 bits per heavy atom. The van der Waals surface area contributed by atoms with Crippen molar-refractivity contribution in [3.63, 3.8) is 0 Å². The fourth-order valence-electron chi connectivity index (χ4n) is 1.94. The molecule has 0 aromatic heterocycles. The van der Waals surface area contributed by atoms with E-state index in [1.54, 1.807) is 30.3 Å². The first kappa shape index (κ1) is 15.2. The zero-order valence-electron chi connectivity index (χ0n) is 11.5. The largest absolute Gasteiger partial charge is 0.508 e. The van der Waals surface area contributed by atoms with Gasteiger partial charge in [0.05, 0.1) is 16.1 Å². The Morgan fingerprint density at radius 3 is 2.45 bits per heavy atom.